The van der Waals surface area contributed by atoms with Crippen LogP contribution in [0.15, 0.2) is 41.8 Å². The molecule has 6 heteroatoms. The molecule has 0 aliphatic carbocycles. The van der Waals surface area contributed by atoms with Crippen molar-refractivity contribution in [1.82, 2.24) is 10.2 Å². The van der Waals surface area contributed by atoms with E-state index >= 15 is 0 Å². The van der Waals surface area contributed by atoms with Gasteiger partial charge in [-0.05, 0) is 24.4 Å². The molecular formula is C15H13N3OS2. The number of thiophene rings is 1. The van der Waals surface area contributed by atoms with Crippen LogP contribution in [0, 0.1) is 6.92 Å². The first-order valence-electron chi connectivity index (χ1n) is 6.43. The van der Waals surface area contributed by atoms with Crippen LogP contribution in [0.2, 0.25) is 0 Å². The fourth-order valence-corrected chi connectivity index (χ4v) is 3.36. The van der Waals surface area contributed by atoms with E-state index in [4.69, 9.17) is 0 Å². The summed E-state index contributed by atoms with van der Waals surface area (Å²) in [6, 6.07) is 12.0. The lowest BCUT2D eigenvalue weighted by atomic mass is 10.1. The van der Waals surface area contributed by atoms with Crippen LogP contribution < -0.4 is 5.32 Å². The number of amides is 1. The summed E-state index contributed by atoms with van der Waals surface area (Å²) in [6.07, 6.45) is 0.372. The molecule has 0 saturated heterocycles. The number of hydrogen-bond acceptors (Lipinski definition) is 5. The van der Waals surface area contributed by atoms with E-state index in [0.29, 0.717) is 11.6 Å². The van der Waals surface area contributed by atoms with Crippen molar-refractivity contribution in [2.45, 2.75) is 13.3 Å². The summed E-state index contributed by atoms with van der Waals surface area (Å²) in [6.45, 7) is 2.04. The van der Waals surface area contributed by atoms with E-state index in [-0.39, 0.29) is 5.91 Å². The fraction of sp³-hybridized carbons (Fsp3) is 0.133. The van der Waals surface area contributed by atoms with Gasteiger partial charge in [0.2, 0.25) is 11.0 Å². The van der Waals surface area contributed by atoms with Gasteiger partial charge in [0, 0.05) is 10.4 Å². The van der Waals surface area contributed by atoms with Crippen LogP contribution in [0.1, 0.15) is 10.4 Å². The van der Waals surface area contributed by atoms with Crippen molar-refractivity contribution >= 4 is 33.7 Å². The number of benzene rings is 1. The third-order valence-electron chi connectivity index (χ3n) is 2.85. The second-order valence-electron chi connectivity index (χ2n) is 4.59. The zero-order valence-corrected chi connectivity index (χ0v) is 13.0. The van der Waals surface area contributed by atoms with Gasteiger partial charge < -0.3 is 5.32 Å². The number of nitrogens with zero attached hydrogens (tertiary/aromatic N) is 2. The molecule has 21 heavy (non-hydrogen) atoms. The maximum atomic E-state index is 11.9. The van der Waals surface area contributed by atoms with Crippen LogP contribution in [0.3, 0.4) is 0 Å². The highest BCUT2D eigenvalue weighted by molar-refractivity contribution is 7.18. The normalized spacial score (nSPS) is 10.5. The predicted octanol–water partition coefficient (Wildman–Crippen LogP) is 3.76. The summed E-state index contributed by atoms with van der Waals surface area (Å²) in [5.74, 6) is -0.0654. The van der Waals surface area contributed by atoms with Crippen molar-refractivity contribution in [3.8, 4) is 10.6 Å². The summed E-state index contributed by atoms with van der Waals surface area (Å²) < 4.78 is 0. The molecule has 0 bridgehead atoms. The zero-order valence-electron chi connectivity index (χ0n) is 11.4. The maximum Gasteiger partial charge on any atom is 0.231 e. The van der Waals surface area contributed by atoms with Gasteiger partial charge in [0.15, 0.2) is 0 Å². The Bertz CT molecular complexity index is 750. The van der Waals surface area contributed by atoms with E-state index in [1.165, 1.54) is 16.9 Å². The third-order valence-corrected chi connectivity index (χ3v) is 4.62. The second kappa shape index (κ2) is 6.15. The molecule has 0 radical (unpaired) electrons. The molecule has 0 saturated carbocycles. The number of carbonyl (C=O) groups is 1. The Balaban J connectivity index is 1.69. The molecule has 0 aliphatic rings. The van der Waals surface area contributed by atoms with Gasteiger partial charge in [-0.2, -0.15) is 0 Å². The first-order valence-corrected chi connectivity index (χ1v) is 8.13. The van der Waals surface area contributed by atoms with E-state index in [9.17, 15) is 4.79 Å². The van der Waals surface area contributed by atoms with Gasteiger partial charge in [-0.3, -0.25) is 4.79 Å². The molecule has 3 aromatic rings. The van der Waals surface area contributed by atoms with E-state index in [2.05, 4.69) is 21.6 Å². The van der Waals surface area contributed by atoms with Crippen molar-refractivity contribution in [2.24, 2.45) is 0 Å². The minimum absolute atomic E-state index is 0.0654. The van der Waals surface area contributed by atoms with Crippen LogP contribution >= 0.6 is 22.7 Å². The van der Waals surface area contributed by atoms with Gasteiger partial charge in [-0.1, -0.05) is 41.2 Å². The number of carbonyl (C=O) groups excluding carboxylic acids is 1. The highest BCUT2D eigenvalue weighted by Gasteiger charge is 2.10. The lowest BCUT2D eigenvalue weighted by molar-refractivity contribution is -0.115. The number of anilines is 1. The Morgan fingerprint density at radius 2 is 2.14 bits per heavy atom. The van der Waals surface area contributed by atoms with Crippen LogP contribution in [-0.4, -0.2) is 16.1 Å². The van der Waals surface area contributed by atoms with Crippen molar-refractivity contribution in [1.29, 1.82) is 0 Å². The van der Waals surface area contributed by atoms with Crippen LogP contribution in [0.4, 0.5) is 5.13 Å². The highest BCUT2D eigenvalue weighted by atomic mass is 32.1. The second-order valence-corrected chi connectivity index (χ2v) is 6.60. The molecule has 2 heterocycles. The Labute approximate surface area is 130 Å². The topological polar surface area (TPSA) is 54.9 Å². The van der Waals surface area contributed by atoms with Gasteiger partial charge in [-0.15, -0.1) is 21.5 Å². The monoisotopic (exact) mass is 315 g/mol. The van der Waals surface area contributed by atoms with Crippen molar-refractivity contribution in [2.75, 3.05) is 5.32 Å². The molecule has 106 valence electrons. The molecule has 3 rings (SSSR count). The average molecular weight is 315 g/mol. The van der Waals surface area contributed by atoms with Gasteiger partial charge in [0.05, 0.1) is 6.42 Å². The van der Waals surface area contributed by atoms with Crippen LogP contribution in [-0.2, 0) is 11.2 Å². The van der Waals surface area contributed by atoms with Crippen molar-refractivity contribution in [3.05, 3.63) is 52.2 Å². The number of rotatable bonds is 4. The Hall–Kier alpha value is -2.05. The minimum atomic E-state index is -0.0654. The van der Waals surface area contributed by atoms with Gasteiger partial charge in [0.25, 0.3) is 0 Å². The minimum Gasteiger partial charge on any atom is -0.300 e. The number of nitrogens with one attached hydrogen (secondary N) is 1. The lowest BCUT2D eigenvalue weighted by Gasteiger charge is -1.98. The zero-order chi connectivity index (χ0) is 14.7. The molecule has 4 nitrogen and oxygen atoms in total. The number of aryl methyl sites for hydroxylation is 1. The van der Waals surface area contributed by atoms with E-state index < -0.39 is 0 Å². The van der Waals surface area contributed by atoms with E-state index in [1.54, 1.807) is 11.3 Å². The summed E-state index contributed by atoms with van der Waals surface area (Å²) >= 11 is 2.96. The Morgan fingerprint density at radius 3 is 2.90 bits per heavy atom. The SMILES string of the molecule is Cc1cccc(-c2nnc(NC(=O)Cc3cccs3)s2)c1. The molecule has 0 atom stereocenters. The van der Waals surface area contributed by atoms with E-state index in [0.717, 1.165) is 15.4 Å². The van der Waals surface area contributed by atoms with Gasteiger partial charge in [0.1, 0.15) is 5.01 Å². The summed E-state index contributed by atoms with van der Waals surface area (Å²) in [7, 11) is 0. The molecule has 2 aromatic heterocycles. The molecule has 0 aliphatic heterocycles. The number of hydrogen-bond donors (Lipinski definition) is 1. The maximum absolute atomic E-state index is 11.9. The molecule has 0 unspecified atom stereocenters. The molecular weight excluding hydrogens is 302 g/mol. The summed E-state index contributed by atoms with van der Waals surface area (Å²) in [5.41, 5.74) is 2.19. The van der Waals surface area contributed by atoms with Crippen molar-refractivity contribution < 1.29 is 4.79 Å². The van der Waals surface area contributed by atoms with Gasteiger partial charge in [-0.25, -0.2) is 0 Å². The first-order chi connectivity index (χ1) is 10.2. The smallest absolute Gasteiger partial charge is 0.231 e. The summed E-state index contributed by atoms with van der Waals surface area (Å²) in [4.78, 5) is 13.0. The quantitative estimate of drug-likeness (QED) is 0.797. The molecule has 1 amide bonds. The lowest BCUT2D eigenvalue weighted by Crippen LogP contribution is -2.13. The van der Waals surface area contributed by atoms with Gasteiger partial charge >= 0.3 is 0 Å². The van der Waals surface area contributed by atoms with Crippen molar-refractivity contribution in [3.63, 3.8) is 0 Å². The third kappa shape index (κ3) is 3.53. The Kier molecular flexibility index (Phi) is 4.08. The average Bonchev–Trinajstić information content (AvgIpc) is 3.10. The van der Waals surface area contributed by atoms with E-state index in [1.807, 2.05) is 42.6 Å². The molecule has 1 N–H and O–H groups in total. The number of aromatic nitrogens is 2. The Morgan fingerprint density at radius 1 is 1.24 bits per heavy atom. The standard InChI is InChI=1S/C15H13N3OS2/c1-10-4-2-5-11(8-10)14-17-18-15(21-14)16-13(19)9-12-6-3-7-20-12/h2-8H,9H2,1H3,(H,16,18,19). The predicted molar refractivity (Wildman–Crippen MR) is 86.7 cm³/mol. The molecule has 0 spiro atoms. The largest absolute Gasteiger partial charge is 0.300 e. The highest BCUT2D eigenvalue weighted by Crippen LogP contribution is 2.26. The molecule has 0 fully saturated rings. The molecule has 1 aromatic carbocycles. The fourth-order valence-electron chi connectivity index (χ4n) is 1.90. The van der Waals surface area contributed by atoms with Crippen LogP contribution in [0.25, 0.3) is 10.6 Å². The summed E-state index contributed by atoms with van der Waals surface area (Å²) in [5, 5.41) is 14.3. The first kappa shape index (κ1) is 13.9. The van der Waals surface area contributed by atoms with Crippen LogP contribution in [0.5, 0.6) is 0 Å².